The number of nitrogens with two attached hydrogens (primary N) is 1. The van der Waals surface area contributed by atoms with Gasteiger partial charge in [0, 0.05) is 13.7 Å². The van der Waals surface area contributed by atoms with Gasteiger partial charge in [0.05, 0.1) is 32.8 Å². The lowest BCUT2D eigenvalue weighted by atomic mass is 10.2. The van der Waals surface area contributed by atoms with E-state index in [1.54, 1.807) is 4.57 Å². The summed E-state index contributed by atoms with van der Waals surface area (Å²) in [5, 5.41) is 0. The standard InChI is InChI=1S/C18H24N5O6P/c1-26-9-10-28-30(25,29-11-14-5-3-2-4-6-14)13-27-8-7-23-12-20-15-16(23)21-18(19)22-17(15)24/h2-6,12H,7-11,13H2,1H3,(H3,19,21,22,24). The summed E-state index contributed by atoms with van der Waals surface area (Å²) in [4.78, 5) is 22.3. The summed E-state index contributed by atoms with van der Waals surface area (Å²) in [7, 11) is -1.98. The van der Waals surface area contributed by atoms with Crippen molar-refractivity contribution in [3.05, 3.63) is 52.6 Å². The predicted molar refractivity (Wildman–Crippen MR) is 110 cm³/mol. The Balaban J connectivity index is 1.57. The van der Waals surface area contributed by atoms with Gasteiger partial charge in [-0.15, -0.1) is 0 Å². The smallest absolute Gasteiger partial charge is 0.356 e. The number of nitrogens with zero attached hydrogens (tertiary/aromatic N) is 3. The van der Waals surface area contributed by atoms with E-state index in [4.69, 9.17) is 24.3 Å². The van der Waals surface area contributed by atoms with E-state index in [2.05, 4.69) is 15.0 Å². The molecule has 1 atom stereocenters. The molecule has 0 saturated heterocycles. The second-order valence-electron chi connectivity index (χ2n) is 6.29. The highest BCUT2D eigenvalue weighted by atomic mass is 31.2. The van der Waals surface area contributed by atoms with Crippen LogP contribution < -0.4 is 11.3 Å². The second-order valence-corrected chi connectivity index (χ2v) is 8.29. The molecule has 0 saturated carbocycles. The normalized spacial score (nSPS) is 13.5. The number of anilines is 1. The van der Waals surface area contributed by atoms with Gasteiger partial charge in [0.25, 0.3) is 5.56 Å². The van der Waals surface area contributed by atoms with Gasteiger partial charge in [-0.05, 0) is 5.56 Å². The molecule has 3 aromatic rings. The summed E-state index contributed by atoms with van der Waals surface area (Å²) in [6.45, 7) is 1.02. The minimum absolute atomic E-state index is 0.000486. The van der Waals surface area contributed by atoms with Crippen LogP contribution in [0, 0.1) is 0 Å². The van der Waals surface area contributed by atoms with Gasteiger partial charge in [0.1, 0.15) is 6.35 Å². The van der Waals surface area contributed by atoms with Gasteiger partial charge in [0.2, 0.25) is 5.95 Å². The average Bonchev–Trinajstić information content (AvgIpc) is 3.14. The number of ether oxygens (including phenoxy) is 2. The lowest BCUT2D eigenvalue weighted by Gasteiger charge is -2.19. The van der Waals surface area contributed by atoms with Crippen molar-refractivity contribution in [1.29, 1.82) is 0 Å². The molecule has 2 aromatic heterocycles. The molecule has 2 heterocycles. The van der Waals surface area contributed by atoms with Gasteiger partial charge in [-0.25, -0.2) is 4.98 Å². The van der Waals surface area contributed by atoms with E-state index < -0.39 is 13.2 Å². The number of hydrogen-bond acceptors (Lipinski definition) is 9. The number of aromatic amines is 1. The molecule has 0 bridgehead atoms. The summed E-state index contributed by atoms with van der Waals surface area (Å²) in [6, 6.07) is 9.35. The molecule has 3 rings (SSSR count). The van der Waals surface area contributed by atoms with E-state index in [-0.39, 0.29) is 44.2 Å². The van der Waals surface area contributed by atoms with Crippen LogP contribution in [-0.2, 0) is 36.2 Å². The van der Waals surface area contributed by atoms with E-state index >= 15 is 0 Å². The first-order valence-electron chi connectivity index (χ1n) is 9.20. The van der Waals surface area contributed by atoms with Crippen molar-refractivity contribution in [3.63, 3.8) is 0 Å². The van der Waals surface area contributed by atoms with Crippen molar-refractivity contribution in [3.8, 4) is 0 Å². The Bertz CT molecular complexity index is 1050. The van der Waals surface area contributed by atoms with Crippen LogP contribution in [0.4, 0.5) is 5.95 Å². The zero-order valence-corrected chi connectivity index (χ0v) is 17.4. The monoisotopic (exact) mass is 437 g/mol. The van der Waals surface area contributed by atoms with E-state index in [0.29, 0.717) is 12.2 Å². The average molecular weight is 437 g/mol. The third kappa shape index (κ3) is 5.97. The van der Waals surface area contributed by atoms with Gasteiger partial charge >= 0.3 is 7.60 Å². The Hall–Kier alpha value is -2.56. The third-order valence-corrected chi connectivity index (χ3v) is 5.66. The molecule has 0 amide bonds. The Morgan fingerprint density at radius 3 is 2.73 bits per heavy atom. The van der Waals surface area contributed by atoms with Crippen LogP contribution in [0.3, 0.4) is 0 Å². The number of nitrogen functional groups attached to an aromatic ring is 1. The molecule has 162 valence electrons. The number of benzene rings is 1. The molecule has 0 aliphatic rings. The van der Waals surface area contributed by atoms with Gasteiger partial charge in [-0.1, -0.05) is 30.3 Å². The van der Waals surface area contributed by atoms with Crippen LogP contribution in [0.1, 0.15) is 5.56 Å². The fourth-order valence-corrected chi connectivity index (χ4v) is 3.87. The molecular weight excluding hydrogens is 413 g/mol. The first-order chi connectivity index (χ1) is 14.5. The van der Waals surface area contributed by atoms with Crippen LogP contribution in [0.2, 0.25) is 0 Å². The largest absolute Gasteiger partial charge is 0.382 e. The molecule has 1 unspecified atom stereocenters. The van der Waals surface area contributed by atoms with Crippen LogP contribution in [0.5, 0.6) is 0 Å². The molecular formula is C18H24N5O6P. The van der Waals surface area contributed by atoms with Crippen LogP contribution in [0.15, 0.2) is 41.5 Å². The number of nitrogens with one attached hydrogen (secondary N) is 1. The summed E-state index contributed by atoms with van der Waals surface area (Å²) < 4.78 is 36.1. The molecule has 1 aromatic carbocycles. The summed E-state index contributed by atoms with van der Waals surface area (Å²) >= 11 is 0. The lowest BCUT2D eigenvalue weighted by molar-refractivity contribution is 0.0978. The van der Waals surface area contributed by atoms with Crippen molar-refractivity contribution in [1.82, 2.24) is 19.5 Å². The molecule has 0 fully saturated rings. The van der Waals surface area contributed by atoms with Gasteiger partial charge in [-0.2, -0.15) is 4.98 Å². The van der Waals surface area contributed by atoms with E-state index in [1.807, 2.05) is 30.3 Å². The van der Waals surface area contributed by atoms with Crippen molar-refractivity contribution in [2.45, 2.75) is 13.2 Å². The quantitative estimate of drug-likeness (QED) is 0.320. The Labute approximate surface area is 172 Å². The number of fused-ring (bicyclic) bond motifs is 1. The molecule has 0 radical (unpaired) electrons. The Morgan fingerprint density at radius 2 is 1.97 bits per heavy atom. The number of hydrogen-bond donors (Lipinski definition) is 2. The number of methoxy groups -OCH3 is 1. The van der Waals surface area contributed by atoms with Crippen molar-refractivity contribution < 1.29 is 23.1 Å². The second kappa shape index (κ2) is 10.5. The van der Waals surface area contributed by atoms with Crippen LogP contribution in [-0.4, -0.2) is 52.8 Å². The molecule has 0 aliphatic heterocycles. The minimum Gasteiger partial charge on any atom is -0.382 e. The number of H-pyrrole nitrogens is 1. The SMILES string of the molecule is COCCOP(=O)(COCCn1cnc2c(=O)[nH]c(N)nc21)OCc1ccccc1. The minimum atomic E-state index is -3.50. The van der Waals surface area contributed by atoms with Crippen molar-refractivity contribution >= 4 is 24.7 Å². The Kier molecular flexibility index (Phi) is 7.72. The highest BCUT2D eigenvalue weighted by Crippen LogP contribution is 2.48. The maximum atomic E-state index is 13.0. The molecule has 30 heavy (non-hydrogen) atoms. The highest BCUT2D eigenvalue weighted by Gasteiger charge is 2.25. The lowest BCUT2D eigenvalue weighted by Crippen LogP contribution is -2.13. The summed E-state index contributed by atoms with van der Waals surface area (Å²) in [6.07, 6.45) is 1.24. The molecule has 0 spiro atoms. The van der Waals surface area contributed by atoms with E-state index in [1.165, 1.54) is 13.4 Å². The third-order valence-electron chi connectivity index (χ3n) is 4.07. The Morgan fingerprint density at radius 1 is 1.17 bits per heavy atom. The van der Waals surface area contributed by atoms with Crippen LogP contribution >= 0.6 is 7.60 Å². The predicted octanol–water partition coefficient (Wildman–Crippen LogP) is 1.75. The summed E-state index contributed by atoms with van der Waals surface area (Å²) in [5.41, 5.74) is 6.57. The first-order valence-corrected chi connectivity index (χ1v) is 10.9. The number of rotatable bonds is 12. The highest BCUT2D eigenvalue weighted by molar-refractivity contribution is 7.53. The van der Waals surface area contributed by atoms with E-state index in [9.17, 15) is 9.36 Å². The molecule has 0 aliphatic carbocycles. The molecule has 3 N–H and O–H groups in total. The fourth-order valence-electron chi connectivity index (χ4n) is 2.59. The maximum absolute atomic E-state index is 13.0. The zero-order valence-electron chi connectivity index (χ0n) is 16.5. The van der Waals surface area contributed by atoms with Crippen LogP contribution in [0.25, 0.3) is 11.2 Å². The van der Waals surface area contributed by atoms with Crippen molar-refractivity contribution in [2.75, 3.05) is 39.0 Å². The maximum Gasteiger partial charge on any atom is 0.356 e. The molecule has 11 nitrogen and oxygen atoms in total. The zero-order chi connectivity index (χ0) is 21.4. The van der Waals surface area contributed by atoms with Gasteiger partial charge < -0.3 is 28.8 Å². The topological polar surface area (TPSA) is 144 Å². The van der Waals surface area contributed by atoms with Crippen molar-refractivity contribution in [2.24, 2.45) is 0 Å². The van der Waals surface area contributed by atoms with Gasteiger partial charge in [0.15, 0.2) is 11.2 Å². The van der Waals surface area contributed by atoms with E-state index in [0.717, 1.165) is 5.56 Å². The summed E-state index contributed by atoms with van der Waals surface area (Å²) in [5.74, 6) is 0.000486. The number of imidazole rings is 1. The van der Waals surface area contributed by atoms with Gasteiger partial charge in [-0.3, -0.25) is 14.3 Å². The first kappa shape index (κ1) is 22.1. The fraction of sp³-hybridized carbons (Fsp3) is 0.389. The molecule has 12 heteroatoms. The number of aromatic nitrogens is 4.